The zero-order valence-corrected chi connectivity index (χ0v) is 12.7. The van der Waals surface area contributed by atoms with Crippen LogP contribution in [-0.2, 0) is 9.47 Å². The standard InChI is InChI=1S/C14H30N2O2/c1-12(10-14(3,4)17-5)15-13(2)11-16-6-8-18-9-7-16/h12-13,15H,6-11H2,1-5H3. The lowest BCUT2D eigenvalue weighted by molar-refractivity contribution is 0.00620. The Bertz CT molecular complexity index is 228. The van der Waals surface area contributed by atoms with Gasteiger partial charge in [-0.15, -0.1) is 0 Å². The molecule has 0 amide bonds. The number of rotatable bonds is 7. The van der Waals surface area contributed by atoms with Crippen molar-refractivity contribution in [3.05, 3.63) is 0 Å². The number of methoxy groups -OCH3 is 1. The van der Waals surface area contributed by atoms with E-state index in [-0.39, 0.29) is 5.60 Å². The second-order valence-electron chi connectivity index (χ2n) is 6.05. The molecule has 1 rings (SSSR count). The summed E-state index contributed by atoms with van der Waals surface area (Å²) in [5.41, 5.74) is -0.0505. The van der Waals surface area contributed by atoms with E-state index in [0.717, 1.165) is 39.3 Å². The number of hydrogen-bond donors (Lipinski definition) is 1. The van der Waals surface area contributed by atoms with Crippen LogP contribution in [-0.4, -0.2) is 62.5 Å². The predicted molar refractivity (Wildman–Crippen MR) is 75.0 cm³/mol. The maximum Gasteiger partial charge on any atom is 0.0637 e. The number of nitrogens with zero attached hydrogens (tertiary/aromatic N) is 1. The monoisotopic (exact) mass is 258 g/mol. The molecule has 4 heteroatoms. The molecule has 1 N–H and O–H groups in total. The molecule has 0 spiro atoms. The Labute approximate surface area is 112 Å². The Morgan fingerprint density at radius 2 is 1.83 bits per heavy atom. The smallest absolute Gasteiger partial charge is 0.0637 e. The van der Waals surface area contributed by atoms with E-state index in [0.29, 0.717) is 12.1 Å². The van der Waals surface area contributed by atoms with Crippen LogP contribution in [0.2, 0.25) is 0 Å². The molecule has 1 fully saturated rings. The van der Waals surface area contributed by atoms with Crippen LogP contribution >= 0.6 is 0 Å². The Hall–Kier alpha value is -0.160. The summed E-state index contributed by atoms with van der Waals surface area (Å²) in [6.07, 6.45) is 1.02. The van der Waals surface area contributed by atoms with Gasteiger partial charge in [-0.2, -0.15) is 0 Å². The summed E-state index contributed by atoms with van der Waals surface area (Å²) in [6, 6.07) is 0.974. The molecule has 0 saturated carbocycles. The average molecular weight is 258 g/mol. The third-order valence-electron chi connectivity index (χ3n) is 3.56. The summed E-state index contributed by atoms with van der Waals surface area (Å²) in [7, 11) is 1.78. The van der Waals surface area contributed by atoms with Crippen molar-refractivity contribution in [1.29, 1.82) is 0 Å². The van der Waals surface area contributed by atoms with Gasteiger partial charge in [-0.3, -0.25) is 4.90 Å². The van der Waals surface area contributed by atoms with Crippen molar-refractivity contribution in [2.24, 2.45) is 0 Å². The fraction of sp³-hybridized carbons (Fsp3) is 1.00. The number of hydrogen-bond acceptors (Lipinski definition) is 4. The van der Waals surface area contributed by atoms with Crippen molar-refractivity contribution < 1.29 is 9.47 Å². The molecule has 4 nitrogen and oxygen atoms in total. The second kappa shape index (κ2) is 7.43. The molecule has 18 heavy (non-hydrogen) atoms. The van der Waals surface area contributed by atoms with Crippen LogP contribution in [0.4, 0.5) is 0 Å². The minimum Gasteiger partial charge on any atom is -0.379 e. The van der Waals surface area contributed by atoms with Gasteiger partial charge in [0.2, 0.25) is 0 Å². The molecule has 2 atom stereocenters. The second-order valence-corrected chi connectivity index (χ2v) is 6.05. The van der Waals surface area contributed by atoms with Gasteiger partial charge in [-0.05, 0) is 34.1 Å². The van der Waals surface area contributed by atoms with Crippen LogP contribution in [0.15, 0.2) is 0 Å². The summed E-state index contributed by atoms with van der Waals surface area (Å²) >= 11 is 0. The van der Waals surface area contributed by atoms with E-state index < -0.39 is 0 Å². The lowest BCUT2D eigenvalue weighted by Crippen LogP contribution is -2.47. The Kier molecular flexibility index (Phi) is 6.57. The molecule has 0 radical (unpaired) electrons. The van der Waals surface area contributed by atoms with Gasteiger partial charge in [0, 0.05) is 38.8 Å². The van der Waals surface area contributed by atoms with Gasteiger partial charge in [-0.1, -0.05) is 0 Å². The molecule has 1 saturated heterocycles. The van der Waals surface area contributed by atoms with Gasteiger partial charge in [0.05, 0.1) is 18.8 Å². The Morgan fingerprint density at radius 3 is 2.39 bits per heavy atom. The number of ether oxygens (including phenoxy) is 2. The zero-order chi connectivity index (χ0) is 13.6. The third-order valence-corrected chi connectivity index (χ3v) is 3.56. The van der Waals surface area contributed by atoms with Gasteiger partial charge in [-0.25, -0.2) is 0 Å². The molecule has 1 heterocycles. The van der Waals surface area contributed by atoms with Gasteiger partial charge < -0.3 is 14.8 Å². The third kappa shape index (κ3) is 6.14. The van der Waals surface area contributed by atoms with Crippen LogP contribution < -0.4 is 5.32 Å². The molecule has 108 valence electrons. The molecule has 0 bridgehead atoms. The first kappa shape index (κ1) is 15.9. The van der Waals surface area contributed by atoms with E-state index in [4.69, 9.17) is 9.47 Å². The molecular formula is C14H30N2O2. The lowest BCUT2D eigenvalue weighted by atomic mass is 9.99. The van der Waals surface area contributed by atoms with E-state index in [9.17, 15) is 0 Å². The van der Waals surface area contributed by atoms with Crippen molar-refractivity contribution >= 4 is 0 Å². The van der Waals surface area contributed by atoms with Crippen LogP contribution in [0.1, 0.15) is 34.1 Å². The van der Waals surface area contributed by atoms with Crippen molar-refractivity contribution in [3.63, 3.8) is 0 Å². The number of morpholine rings is 1. The molecule has 1 aliphatic heterocycles. The first-order valence-corrected chi connectivity index (χ1v) is 7.04. The van der Waals surface area contributed by atoms with E-state index in [1.165, 1.54) is 0 Å². The average Bonchev–Trinajstić information content (AvgIpc) is 2.29. The first-order valence-electron chi connectivity index (χ1n) is 7.04. The predicted octanol–water partition coefficient (Wildman–Crippen LogP) is 1.50. The van der Waals surface area contributed by atoms with Gasteiger partial charge in [0.1, 0.15) is 0 Å². The van der Waals surface area contributed by atoms with Gasteiger partial charge >= 0.3 is 0 Å². The Morgan fingerprint density at radius 1 is 1.22 bits per heavy atom. The van der Waals surface area contributed by atoms with E-state index in [1.807, 2.05) is 0 Å². The molecule has 0 aromatic carbocycles. The fourth-order valence-corrected chi connectivity index (χ4v) is 2.59. The first-order chi connectivity index (χ1) is 8.43. The van der Waals surface area contributed by atoms with E-state index in [1.54, 1.807) is 7.11 Å². The minimum atomic E-state index is -0.0505. The maximum absolute atomic E-state index is 5.47. The summed E-state index contributed by atoms with van der Waals surface area (Å²) in [5.74, 6) is 0. The summed E-state index contributed by atoms with van der Waals surface area (Å²) in [4.78, 5) is 2.47. The number of nitrogens with one attached hydrogen (secondary N) is 1. The largest absolute Gasteiger partial charge is 0.379 e. The van der Waals surface area contributed by atoms with Crippen LogP contribution in [0.5, 0.6) is 0 Å². The van der Waals surface area contributed by atoms with Crippen LogP contribution in [0, 0.1) is 0 Å². The van der Waals surface area contributed by atoms with Crippen molar-refractivity contribution in [3.8, 4) is 0 Å². The molecule has 0 aromatic heterocycles. The normalized spacial score (nSPS) is 21.8. The molecule has 0 aliphatic carbocycles. The van der Waals surface area contributed by atoms with Crippen molar-refractivity contribution in [1.82, 2.24) is 10.2 Å². The van der Waals surface area contributed by atoms with Crippen LogP contribution in [0.25, 0.3) is 0 Å². The quantitative estimate of drug-likeness (QED) is 0.750. The molecule has 2 unspecified atom stereocenters. The zero-order valence-electron chi connectivity index (χ0n) is 12.7. The maximum atomic E-state index is 5.47. The van der Waals surface area contributed by atoms with Gasteiger partial charge in [0.15, 0.2) is 0 Å². The van der Waals surface area contributed by atoms with Crippen molar-refractivity contribution in [2.75, 3.05) is 40.0 Å². The topological polar surface area (TPSA) is 33.7 Å². The molecular weight excluding hydrogens is 228 g/mol. The highest BCUT2D eigenvalue weighted by Crippen LogP contribution is 2.15. The SMILES string of the molecule is COC(C)(C)CC(C)NC(C)CN1CCOCC1. The lowest BCUT2D eigenvalue weighted by Gasteiger charge is -2.32. The highest BCUT2D eigenvalue weighted by molar-refractivity contribution is 4.79. The van der Waals surface area contributed by atoms with E-state index >= 15 is 0 Å². The molecule has 1 aliphatic rings. The summed E-state index contributed by atoms with van der Waals surface area (Å²) < 4.78 is 10.8. The highest BCUT2D eigenvalue weighted by atomic mass is 16.5. The highest BCUT2D eigenvalue weighted by Gasteiger charge is 2.21. The summed E-state index contributed by atoms with van der Waals surface area (Å²) in [6.45, 7) is 13.7. The van der Waals surface area contributed by atoms with E-state index in [2.05, 4.69) is 37.9 Å². The Balaban J connectivity index is 2.23. The van der Waals surface area contributed by atoms with Gasteiger partial charge in [0.25, 0.3) is 0 Å². The van der Waals surface area contributed by atoms with Crippen LogP contribution in [0.3, 0.4) is 0 Å². The summed E-state index contributed by atoms with van der Waals surface area (Å²) in [5, 5.41) is 3.66. The fourth-order valence-electron chi connectivity index (χ4n) is 2.59. The minimum absolute atomic E-state index is 0.0505. The molecule has 0 aromatic rings. The van der Waals surface area contributed by atoms with Crippen molar-refractivity contribution in [2.45, 2.75) is 51.8 Å².